The second-order valence-corrected chi connectivity index (χ2v) is 8.53. The minimum absolute atomic E-state index is 0.193. The first-order valence-electron chi connectivity index (χ1n) is 8.46. The summed E-state index contributed by atoms with van der Waals surface area (Å²) in [5.41, 5.74) is 2.57. The normalized spacial score (nSPS) is 12.5. The van der Waals surface area contributed by atoms with Crippen LogP contribution < -0.4 is 5.56 Å². The first-order valence-corrected chi connectivity index (χ1v) is 10.4. The Kier molecular flexibility index (Phi) is 5.71. The molecule has 3 aromatic heterocycles. The molecule has 0 saturated heterocycles. The monoisotopic (exact) mass is 407 g/mol. The Labute approximate surface area is 164 Å². The molecule has 27 heavy (non-hydrogen) atoms. The number of H-pyrrole nitrogens is 1. The zero-order valence-electron chi connectivity index (χ0n) is 15.8. The van der Waals surface area contributed by atoms with E-state index in [1.165, 1.54) is 23.1 Å². The Balaban J connectivity index is 1.63. The van der Waals surface area contributed by atoms with E-state index in [1.807, 2.05) is 27.7 Å². The molecule has 3 heterocycles. The van der Waals surface area contributed by atoms with Crippen molar-refractivity contribution in [3.8, 4) is 0 Å². The van der Waals surface area contributed by atoms with Gasteiger partial charge in [-0.2, -0.15) is 0 Å². The molecule has 0 radical (unpaired) electrons. The fourth-order valence-electron chi connectivity index (χ4n) is 2.70. The second-order valence-electron chi connectivity index (χ2n) is 6.34. The van der Waals surface area contributed by atoms with E-state index in [4.69, 9.17) is 9.26 Å². The van der Waals surface area contributed by atoms with E-state index in [2.05, 4.69) is 15.1 Å². The van der Waals surface area contributed by atoms with Crippen molar-refractivity contribution in [2.75, 3.05) is 5.75 Å². The summed E-state index contributed by atoms with van der Waals surface area (Å²) in [6.07, 6.45) is -0.628. The molecule has 0 spiro atoms. The van der Waals surface area contributed by atoms with Crippen molar-refractivity contribution in [2.24, 2.45) is 0 Å². The van der Waals surface area contributed by atoms with Gasteiger partial charge in [-0.25, -0.2) is 4.98 Å². The van der Waals surface area contributed by atoms with Crippen LogP contribution in [0.5, 0.6) is 0 Å². The van der Waals surface area contributed by atoms with E-state index in [9.17, 15) is 9.59 Å². The molecule has 3 rings (SSSR count). The number of carbonyl (C=O) groups is 1. The number of rotatable bonds is 6. The number of ether oxygens (including phenoxy) is 1. The van der Waals surface area contributed by atoms with Gasteiger partial charge in [0.15, 0.2) is 11.9 Å². The lowest BCUT2D eigenvalue weighted by Crippen LogP contribution is -2.18. The maximum atomic E-state index is 12.3. The van der Waals surface area contributed by atoms with Gasteiger partial charge in [0.25, 0.3) is 5.56 Å². The number of nitrogens with one attached hydrogen (secondary N) is 1. The van der Waals surface area contributed by atoms with E-state index < -0.39 is 6.10 Å². The fraction of sp³-hybridized carbons (Fsp3) is 0.444. The molecule has 0 fully saturated rings. The number of hydrogen-bond acceptors (Lipinski definition) is 8. The average Bonchev–Trinajstić information content (AvgIpc) is 3.07. The number of hydrogen-bond donors (Lipinski definition) is 1. The van der Waals surface area contributed by atoms with E-state index in [-0.39, 0.29) is 17.3 Å². The van der Waals surface area contributed by atoms with Gasteiger partial charge in [-0.05, 0) is 40.2 Å². The highest BCUT2D eigenvalue weighted by atomic mass is 32.2. The van der Waals surface area contributed by atoms with E-state index in [0.717, 1.165) is 27.5 Å². The molecule has 0 aliphatic carbocycles. The Morgan fingerprint density at radius 1 is 1.33 bits per heavy atom. The van der Waals surface area contributed by atoms with Crippen molar-refractivity contribution in [2.45, 2.75) is 46.5 Å². The molecule has 0 amide bonds. The number of esters is 1. The van der Waals surface area contributed by atoms with Gasteiger partial charge < -0.3 is 14.2 Å². The molecule has 1 atom stereocenters. The van der Waals surface area contributed by atoms with E-state index >= 15 is 0 Å². The third kappa shape index (κ3) is 4.08. The van der Waals surface area contributed by atoms with E-state index in [0.29, 0.717) is 21.8 Å². The summed E-state index contributed by atoms with van der Waals surface area (Å²) in [5.74, 6) is 1.58. The van der Waals surface area contributed by atoms with Gasteiger partial charge in [0.1, 0.15) is 10.6 Å². The topological polar surface area (TPSA) is 98.1 Å². The Bertz CT molecular complexity index is 1030. The first kappa shape index (κ1) is 19.6. The number of carbonyl (C=O) groups excluding carboxylic acids is 1. The van der Waals surface area contributed by atoms with Gasteiger partial charge in [0.05, 0.1) is 16.8 Å². The van der Waals surface area contributed by atoms with Crippen LogP contribution in [0.25, 0.3) is 10.2 Å². The molecule has 0 unspecified atom stereocenters. The zero-order chi connectivity index (χ0) is 19.7. The highest BCUT2D eigenvalue weighted by molar-refractivity contribution is 7.99. The molecule has 0 aliphatic rings. The van der Waals surface area contributed by atoms with Crippen LogP contribution >= 0.6 is 23.1 Å². The van der Waals surface area contributed by atoms with Gasteiger partial charge in [-0.3, -0.25) is 9.59 Å². The fourth-order valence-corrected chi connectivity index (χ4v) is 4.69. The lowest BCUT2D eigenvalue weighted by atomic mass is 10.2. The number of thioether (sulfide) groups is 1. The van der Waals surface area contributed by atoms with Crippen molar-refractivity contribution in [3.05, 3.63) is 43.6 Å². The quantitative estimate of drug-likeness (QED) is 0.622. The molecular weight excluding hydrogens is 386 g/mol. The summed E-state index contributed by atoms with van der Waals surface area (Å²) in [6.45, 7) is 9.29. The second kappa shape index (κ2) is 7.85. The summed E-state index contributed by atoms with van der Waals surface area (Å²) >= 11 is 2.90. The summed E-state index contributed by atoms with van der Waals surface area (Å²) in [5, 5.41) is 4.50. The molecule has 9 heteroatoms. The highest BCUT2D eigenvalue weighted by Crippen LogP contribution is 2.27. The van der Waals surface area contributed by atoms with Crippen LogP contribution in [-0.2, 0) is 15.3 Å². The van der Waals surface area contributed by atoms with Crippen LogP contribution in [0.4, 0.5) is 0 Å². The Morgan fingerprint density at radius 3 is 2.74 bits per heavy atom. The predicted octanol–water partition coefficient (Wildman–Crippen LogP) is 3.74. The lowest BCUT2D eigenvalue weighted by Gasteiger charge is -2.12. The van der Waals surface area contributed by atoms with Gasteiger partial charge in [-0.15, -0.1) is 23.1 Å². The average molecular weight is 408 g/mol. The number of fused-ring (bicyclic) bond motifs is 1. The van der Waals surface area contributed by atoms with Gasteiger partial charge in [0, 0.05) is 16.2 Å². The minimum Gasteiger partial charge on any atom is -0.454 e. The third-order valence-electron chi connectivity index (χ3n) is 4.40. The standard InChI is InChI=1S/C18H21N3O4S2/c1-8-12(5)27-18-15(8)17(23)19-16(20-18)11(4)24-14(22)7-26-6-13-9(2)21-25-10(13)3/h11H,6-7H2,1-5H3,(H,19,20,23)/t11-/m0/s1. The van der Waals surface area contributed by atoms with Crippen molar-refractivity contribution in [1.29, 1.82) is 0 Å². The summed E-state index contributed by atoms with van der Waals surface area (Å²) in [7, 11) is 0. The van der Waals surface area contributed by atoms with Crippen LogP contribution in [0, 0.1) is 27.7 Å². The maximum absolute atomic E-state index is 12.3. The Hall–Kier alpha value is -2.13. The van der Waals surface area contributed by atoms with Gasteiger partial charge >= 0.3 is 5.97 Å². The first-order chi connectivity index (χ1) is 12.8. The van der Waals surface area contributed by atoms with Crippen molar-refractivity contribution >= 4 is 39.3 Å². The number of nitrogens with zero attached hydrogens (tertiary/aromatic N) is 2. The predicted molar refractivity (Wildman–Crippen MR) is 106 cm³/mol. The van der Waals surface area contributed by atoms with Crippen molar-refractivity contribution in [1.82, 2.24) is 15.1 Å². The number of aromatic amines is 1. The van der Waals surface area contributed by atoms with Crippen LogP contribution in [0.15, 0.2) is 9.32 Å². The highest BCUT2D eigenvalue weighted by Gasteiger charge is 2.18. The van der Waals surface area contributed by atoms with E-state index in [1.54, 1.807) is 6.92 Å². The molecule has 1 N–H and O–H groups in total. The summed E-state index contributed by atoms with van der Waals surface area (Å²) in [6, 6.07) is 0. The van der Waals surface area contributed by atoms with Crippen LogP contribution in [0.1, 0.15) is 46.3 Å². The van der Waals surface area contributed by atoms with Crippen LogP contribution in [0.2, 0.25) is 0 Å². The van der Waals surface area contributed by atoms with Gasteiger partial charge in [-0.1, -0.05) is 5.16 Å². The van der Waals surface area contributed by atoms with Crippen molar-refractivity contribution < 1.29 is 14.1 Å². The smallest absolute Gasteiger partial charge is 0.316 e. The molecular formula is C18H21N3O4S2. The molecule has 7 nitrogen and oxygen atoms in total. The largest absolute Gasteiger partial charge is 0.454 e. The molecule has 144 valence electrons. The van der Waals surface area contributed by atoms with Gasteiger partial charge in [0.2, 0.25) is 0 Å². The minimum atomic E-state index is -0.628. The molecule has 0 bridgehead atoms. The number of aromatic nitrogens is 3. The maximum Gasteiger partial charge on any atom is 0.316 e. The lowest BCUT2D eigenvalue weighted by molar-refractivity contribution is -0.145. The van der Waals surface area contributed by atoms with Crippen LogP contribution in [-0.4, -0.2) is 26.8 Å². The summed E-state index contributed by atoms with van der Waals surface area (Å²) < 4.78 is 10.5. The molecule has 0 aliphatic heterocycles. The van der Waals surface area contributed by atoms with Crippen molar-refractivity contribution in [3.63, 3.8) is 0 Å². The Morgan fingerprint density at radius 2 is 2.07 bits per heavy atom. The summed E-state index contributed by atoms with van der Waals surface area (Å²) in [4.78, 5) is 33.4. The molecule has 0 saturated carbocycles. The SMILES string of the molecule is Cc1noc(C)c1CSCC(=O)O[C@@H](C)c1nc2sc(C)c(C)c2c(=O)[nH]1. The van der Waals surface area contributed by atoms with Crippen LogP contribution in [0.3, 0.4) is 0 Å². The number of thiophene rings is 1. The third-order valence-corrected chi connectivity index (χ3v) is 6.43. The molecule has 3 aromatic rings. The zero-order valence-corrected chi connectivity index (χ0v) is 17.5. The molecule has 0 aromatic carbocycles. The number of aryl methyl sites for hydroxylation is 4.